The number of thiophene rings is 1. The second-order valence-electron chi connectivity index (χ2n) is 27.3. The van der Waals surface area contributed by atoms with E-state index in [1.807, 2.05) is 0 Å². The lowest BCUT2D eigenvalue weighted by Gasteiger charge is -2.52. The number of nitrogens with zero attached hydrogens (tertiary/aromatic N) is 2. The van der Waals surface area contributed by atoms with Crippen LogP contribution in [0.1, 0.15) is 213 Å². The molecule has 2 bridgehead atoms. The van der Waals surface area contributed by atoms with Gasteiger partial charge in [-0.1, -0.05) is 148 Å². The van der Waals surface area contributed by atoms with Gasteiger partial charge in [-0.25, -0.2) is 0 Å². The molecule has 69 heavy (non-hydrogen) atoms. The van der Waals surface area contributed by atoms with Gasteiger partial charge in [-0.3, -0.25) is 0 Å². The van der Waals surface area contributed by atoms with E-state index in [0.29, 0.717) is 0 Å². The summed E-state index contributed by atoms with van der Waals surface area (Å²) in [5, 5.41) is 2.88. The van der Waals surface area contributed by atoms with Gasteiger partial charge in [0.05, 0.1) is 5.00 Å². The van der Waals surface area contributed by atoms with Crippen LogP contribution in [-0.4, -0.2) is 6.71 Å². The number of rotatable bonds is 7. The molecular weight excluding hydrogens is 852 g/mol. The van der Waals surface area contributed by atoms with E-state index in [-0.39, 0.29) is 44.6 Å². The highest BCUT2D eigenvalue weighted by atomic mass is 32.1. The van der Waals surface area contributed by atoms with Gasteiger partial charge in [-0.2, -0.15) is 0 Å². The summed E-state index contributed by atoms with van der Waals surface area (Å²) >= 11 is 2.07. The molecule has 6 aromatic rings. The maximum atomic E-state index is 2.76. The fourth-order valence-electron chi connectivity index (χ4n) is 14.0. The highest BCUT2D eigenvalue weighted by Crippen LogP contribution is 2.59. The Hall–Kier alpha value is -4.28. The van der Waals surface area contributed by atoms with E-state index >= 15 is 0 Å². The molecule has 1 saturated carbocycles. The average molecular weight is 933 g/mol. The minimum atomic E-state index is -0.0813. The van der Waals surface area contributed by atoms with Crippen LogP contribution < -0.4 is 26.2 Å². The lowest BCUT2D eigenvalue weighted by atomic mass is 9.33. The Morgan fingerprint density at radius 1 is 0.551 bits per heavy atom. The standard InChI is InChI=1S/C65H81BN2S/c1-17-19-26-61(9,10)46-23-21-43(33-40(46)18-2)68-54-36-42(60(6,7)8)35-53-57(54)66(56-45-38-49-50(39-55(45)69-58(56)68)65(16)31-29-64(49,15)30-32-65)51-34-41(59(3,4)5)20-25-52(51)67(53)44-22-24-47-48(37-44)63(13,14)28-27-62(47,11)12/h20-25,33-39H,17-19,26-32H2,1-16H3. The molecule has 4 aliphatic carbocycles. The first kappa shape index (κ1) is 47.1. The van der Waals surface area contributed by atoms with Gasteiger partial charge in [0.15, 0.2) is 0 Å². The molecule has 2 aliphatic heterocycles. The smallest absolute Gasteiger partial charge is 0.254 e. The third-order valence-corrected chi connectivity index (χ3v) is 20.2. The zero-order valence-electron chi connectivity index (χ0n) is 45.5. The molecule has 0 spiro atoms. The molecule has 1 fully saturated rings. The summed E-state index contributed by atoms with van der Waals surface area (Å²) in [5.41, 5.74) is 23.8. The monoisotopic (exact) mass is 933 g/mol. The van der Waals surface area contributed by atoms with Gasteiger partial charge in [0.2, 0.25) is 0 Å². The van der Waals surface area contributed by atoms with E-state index in [0.717, 1.165) is 6.42 Å². The van der Waals surface area contributed by atoms with Gasteiger partial charge in [0.25, 0.3) is 6.71 Å². The second-order valence-corrected chi connectivity index (χ2v) is 28.4. The Labute approximate surface area is 421 Å². The van der Waals surface area contributed by atoms with E-state index in [1.54, 1.807) is 11.1 Å². The predicted molar refractivity (Wildman–Crippen MR) is 304 cm³/mol. The van der Waals surface area contributed by atoms with Crippen molar-refractivity contribution in [3.05, 3.63) is 123 Å². The summed E-state index contributed by atoms with van der Waals surface area (Å²) in [6, 6.07) is 33.5. The molecule has 5 aromatic carbocycles. The summed E-state index contributed by atoms with van der Waals surface area (Å²) in [7, 11) is 0. The number of hydrogen-bond acceptors (Lipinski definition) is 3. The predicted octanol–water partition coefficient (Wildman–Crippen LogP) is 17.1. The third-order valence-electron chi connectivity index (χ3n) is 19.0. The largest absolute Gasteiger partial charge is 0.311 e. The molecule has 6 aliphatic rings. The number of anilines is 6. The van der Waals surface area contributed by atoms with Crippen molar-refractivity contribution < 1.29 is 0 Å². The molecular formula is C65H81BN2S. The normalized spacial score (nSPS) is 22.1. The van der Waals surface area contributed by atoms with Crippen LogP contribution in [0, 0.1) is 0 Å². The number of benzene rings is 5. The maximum Gasteiger partial charge on any atom is 0.254 e. The fraction of sp³-hybridized carbons (Fsp3) is 0.508. The first-order chi connectivity index (χ1) is 32.3. The molecule has 0 N–H and O–H groups in total. The molecule has 0 atom stereocenters. The van der Waals surface area contributed by atoms with E-state index in [9.17, 15) is 0 Å². The number of aryl methyl sites for hydroxylation is 1. The Morgan fingerprint density at radius 2 is 1.14 bits per heavy atom. The summed E-state index contributed by atoms with van der Waals surface area (Å²) in [6.07, 6.45) is 12.3. The topological polar surface area (TPSA) is 6.48 Å². The number of unbranched alkanes of at least 4 members (excludes halogenated alkanes) is 1. The molecule has 360 valence electrons. The van der Waals surface area contributed by atoms with Crippen LogP contribution in [-0.2, 0) is 44.3 Å². The number of hydrogen-bond donors (Lipinski definition) is 0. The Bertz CT molecular complexity index is 3080. The SMILES string of the molecule is CCCCC(C)(C)c1ccc(N2c3cc(C(C)(C)C)cc4c3B(c3cc(C(C)(C)C)ccc3N4c3ccc4c(c3)C(C)(C)CCC4(C)C)c3c2sc2cc4c(cc32)C2(C)CCC4(C)CC2)cc1CC. The van der Waals surface area contributed by atoms with Gasteiger partial charge < -0.3 is 9.80 Å². The lowest BCUT2D eigenvalue weighted by Crippen LogP contribution is -2.61. The van der Waals surface area contributed by atoms with Crippen molar-refractivity contribution in [1.29, 1.82) is 0 Å². The first-order valence-electron chi connectivity index (χ1n) is 27.1. The van der Waals surface area contributed by atoms with E-state index in [4.69, 9.17) is 0 Å². The van der Waals surface area contributed by atoms with Crippen LogP contribution in [0.2, 0.25) is 0 Å². The van der Waals surface area contributed by atoms with E-state index in [1.165, 1.54) is 151 Å². The van der Waals surface area contributed by atoms with Crippen molar-refractivity contribution >= 4 is 78.0 Å². The van der Waals surface area contributed by atoms with Crippen molar-refractivity contribution in [3.8, 4) is 0 Å². The van der Waals surface area contributed by atoms with E-state index < -0.39 is 0 Å². The maximum absolute atomic E-state index is 2.76. The zero-order chi connectivity index (χ0) is 49.2. The van der Waals surface area contributed by atoms with Crippen LogP contribution in [0.25, 0.3) is 10.1 Å². The van der Waals surface area contributed by atoms with Crippen LogP contribution in [0.3, 0.4) is 0 Å². The van der Waals surface area contributed by atoms with Crippen LogP contribution in [0.4, 0.5) is 33.4 Å². The first-order valence-corrected chi connectivity index (χ1v) is 27.9. The third kappa shape index (κ3) is 7.12. The van der Waals surface area contributed by atoms with Crippen LogP contribution >= 0.6 is 11.3 Å². The van der Waals surface area contributed by atoms with E-state index in [2.05, 4.69) is 211 Å². The zero-order valence-corrected chi connectivity index (χ0v) is 46.3. The van der Waals surface area contributed by atoms with Crippen molar-refractivity contribution in [2.45, 2.75) is 213 Å². The Kier molecular flexibility index (Phi) is 10.5. The molecule has 2 nitrogen and oxygen atoms in total. The minimum Gasteiger partial charge on any atom is -0.311 e. The average Bonchev–Trinajstić information content (AvgIpc) is 3.67. The minimum absolute atomic E-state index is 0.00766. The summed E-state index contributed by atoms with van der Waals surface area (Å²) in [6.45, 7) is 39.2. The van der Waals surface area contributed by atoms with Gasteiger partial charge in [0.1, 0.15) is 0 Å². The van der Waals surface area contributed by atoms with Gasteiger partial charge in [-0.15, -0.1) is 11.3 Å². The van der Waals surface area contributed by atoms with Gasteiger partial charge in [-0.05, 0) is 210 Å². The molecule has 1 aromatic heterocycles. The quantitative estimate of drug-likeness (QED) is 0.147. The molecule has 3 heterocycles. The Balaban J connectivity index is 1.26. The van der Waals surface area contributed by atoms with Crippen molar-refractivity contribution in [2.24, 2.45) is 0 Å². The molecule has 0 radical (unpaired) electrons. The second kappa shape index (κ2) is 15.4. The van der Waals surface area contributed by atoms with Crippen molar-refractivity contribution in [2.75, 3.05) is 9.80 Å². The highest BCUT2D eigenvalue weighted by molar-refractivity contribution is 7.26. The fourth-order valence-corrected chi connectivity index (χ4v) is 15.3. The summed E-state index contributed by atoms with van der Waals surface area (Å²) < 4.78 is 1.45. The van der Waals surface area contributed by atoms with Crippen molar-refractivity contribution in [3.63, 3.8) is 0 Å². The Morgan fingerprint density at radius 3 is 1.77 bits per heavy atom. The molecule has 0 amide bonds. The highest BCUT2D eigenvalue weighted by Gasteiger charge is 2.51. The number of fused-ring (bicyclic) bond motifs is 9. The summed E-state index contributed by atoms with van der Waals surface area (Å²) in [4.78, 5) is 5.47. The van der Waals surface area contributed by atoms with Gasteiger partial charge >= 0.3 is 0 Å². The molecule has 4 heteroatoms. The molecule has 0 saturated heterocycles. The lowest BCUT2D eigenvalue weighted by molar-refractivity contribution is 0.188. The molecule has 12 rings (SSSR count). The van der Waals surface area contributed by atoms with Crippen LogP contribution in [0.5, 0.6) is 0 Å². The van der Waals surface area contributed by atoms with Crippen LogP contribution in [0.15, 0.2) is 78.9 Å². The van der Waals surface area contributed by atoms with Crippen molar-refractivity contribution in [1.82, 2.24) is 0 Å². The molecule has 0 unspecified atom stereocenters. The van der Waals surface area contributed by atoms with Gasteiger partial charge in [0, 0.05) is 33.1 Å². The summed E-state index contributed by atoms with van der Waals surface area (Å²) in [5.74, 6) is 0.